The van der Waals surface area contributed by atoms with Crippen molar-refractivity contribution in [2.24, 2.45) is 0 Å². The number of nitrogens with zero attached hydrogens (tertiary/aromatic N) is 1. The van der Waals surface area contributed by atoms with Gasteiger partial charge >= 0.3 is 0 Å². The zero-order chi connectivity index (χ0) is 10.1. The summed E-state index contributed by atoms with van der Waals surface area (Å²) < 4.78 is 0. The van der Waals surface area contributed by atoms with E-state index in [0.29, 0.717) is 22.8 Å². The van der Waals surface area contributed by atoms with E-state index in [2.05, 4.69) is 27.8 Å². The van der Waals surface area contributed by atoms with Crippen LogP contribution in [0.15, 0.2) is 0 Å². The Hall–Kier alpha value is -0.0500. The highest BCUT2D eigenvalue weighted by molar-refractivity contribution is 9.09. The van der Waals surface area contributed by atoms with Crippen LogP contribution in [-0.4, -0.2) is 27.7 Å². The highest BCUT2D eigenvalue weighted by Crippen LogP contribution is 2.38. The van der Waals surface area contributed by atoms with Crippen LogP contribution in [0.3, 0.4) is 0 Å². The molecule has 80 valence electrons. The lowest BCUT2D eigenvalue weighted by Crippen LogP contribution is -2.46. The fourth-order valence-electron chi connectivity index (χ4n) is 2.86. The third kappa shape index (κ3) is 1.83. The van der Waals surface area contributed by atoms with Gasteiger partial charge in [0.2, 0.25) is 5.91 Å². The second kappa shape index (κ2) is 4.21. The van der Waals surface area contributed by atoms with Crippen LogP contribution in [0.5, 0.6) is 0 Å². The van der Waals surface area contributed by atoms with Crippen molar-refractivity contribution >= 4 is 21.8 Å². The van der Waals surface area contributed by atoms with Gasteiger partial charge in [0.25, 0.3) is 0 Å². The van der Waals surface area contributed by atoms with Gasteiger partial charge in [-0.25, -0.2) is 0 Å². The van der Waals surface area contributed by atoms with Gasteiger partial charge < -0.3 is 4.90 Å². The average molecular weight is 260 g/mol. The summed E-state index contributed by atoms with van der Waals surface area (Å²) in [7, 11) is 0. The van der Waals surface area contributed by atoms with E-state index >= 15 is 0 Å². The van der Waals surface area contributed by atoms with Gasteiger partial charge in [0.05, 0.1) is 0 Å². The van der Waals surface area contributed by atoms with E-state index in [1.165, 1.54) is 12.8 Å². The lowest BCUT2D eigenvalue weighted by atomic mass is 10.0. The molecule has 2 bridgehead atoms. The minimum Gasteiger partial charge on any atom is -0.337 e. The van der Waals surface area contributed by atoms with Crippen LogP contribution in [0.4, 0.5) is 0 Å². The maximum Gasteiger partial charge on any atom is 0.223 e. The van der Waals surface area contributed by atoms with Gasteiger partial charge in [-0.3, -0.25) is 4.79 Å². The molecule has 2 unspecified atom stereocenters. The SMILES string of the molecule is CCCC(=O)N1C2CCC1CC(Br)C2. The first-order valence-electron chi connectivity index (χ1n) is 5.67. The third-order valence-electron chi connectivity index (χ3n) is 3.43. The van der Waals surface area contributed by atoms with Crippen molar-refractivity contribution in [2.75, 3.05) is 0 Å². The van der Waals surface area contributed by atoms with Crippen LogP contribution in [-0.2, 0) is 4.79 Å². The molecule has 0 saturated carbocycles. The average Bonchev–Trinajstić information content (AvgIpc) is 2.39. The van der Waals surface area contributed by atoms with Crippen LogP contribution >= 0.6 is 15.9 Å². The number of piperidine rings is 1. The number of hydrogen-bond donors (Lipinski definition) is 0. The summed E-state index contributed by atoms with van der Waals surface area (Å²) in [6.45, 7) is 2.08. The molecule has 3 heteroatoms. The smallest absolute Gasteiger partial charge is 0.223 e. The Balaban J connectivity index is 2.03. The molecular weight excluding hydrogens is 242 g/mol. The Labute approximate surface area is 94.2 Å². The largest absolute Gasteiger partial charge is 0.337 e. The van der Waals surface area contributed by atoms with Crippen molar-refractivity contribution in [3.05, 3.63) is 0 Å². The molecule has 1 amide bonds. The normalized spacial score (nSPS) is 36.1. The second-order valence-electron chi connectivity index (χ2n) is 4.50. The first-order valence-corrected chi connectivity index (χ1v) is 6.59. The molecule has 2 aliphatic rings. The lowest BCUT2D eigenvalue weighted by Gasteiger charge is -2.37. The molecule has 2 nitrogen and oxygen atoms in total. The fourth-order valence-corrected chi connectivity index (χ4v) is 3.72. The highest BCUT2D eigenvalue weighted by Gasteiger charge is 2.41. The molecule has 2 heterocycles. The predicted molar refractivity (Wildman–Crippen MR) is 60.5 cm³/mol. The van der Waals surface area contributed by atoms with Gasteiger partial charge in [0.1, 0.15) is 0 Å². The Morgan fingerprint density at radius 1 is 1.36 bits per heavy atom. The summed E-state index contributed by atoms with van der Waals surface area (Å²) in [6, 6.07) is 1.08. The zero-order valence-corrected chi connectivity index (χ0v) is 10.3. The minimum absolute atomic E-state index is 0.388. The minimum atomic E-state index is 0.388. The lowest BCUT2D eigenvalue weighted by molar-refractivity contribution is -0.135. The second-order valence-corrected chi connectivity index (χ2v) is 5.80. The summed E-state index contributed by atoms with van der Waals surface area (Å²) >= 11 is 3.69. The van der Waals surface area contributed by atoms with Crippen molar-refractivity contribution in [3.8, 4) is 0 Å². The Bertz CT molecular complexity index is 217. The van der Waals surface area contributed by atoms with Crippen molar-refractivity contribution in [3.63, 3.8) is 0 Å². The molecule has 2 atom stereocenters. The fraction of sp³-hybridized carbons (Fsp3) is 0.909. The quantitative estimate of drug-likeness (QED) is 0.699. The molecular formula is C11H18BrNO. The summed E-state index contributed by atoms with van der Waals surface area (Å²) in [6.07, 6.45) is 6.48. The van der Waals surface area contributed by atoms with Gasteiger partial charge in [-0.1, -0.05) is 22.9 Å². The summed E-state index contributed by atoms with van der Waals surface area (Å²) in [5.74, 6) is 0.388. The molecule has 0 N–H and O–H groups in total. The Kier molecular flexibility index (Phi) is 3.15. The van der Waals surface area contributed by atoms with E-state index in [9.17, 15) is 4.79 Å². The first kappa shape index (κ1) is 10.5. The van der Waals surface area contributed by atoms with Crippen molar-refractivity contribution in [1.82, 2.24) is 4.90 Å². The number of halogens is 1. The van der Waals surface area contributed by atoms with Gasteiger partial charge in [0.15, 0.2) is 0 Å². The van der Waals surface area contributed by atoms with E-state index in [1.54, 1.807) is 0 Å². The number of carbonyl (C=O) groups is 1. The third-order valence-corrected chi connectivity index (χ3v) is 4.18. The number of alkyl halides is 1. The first-order chi connectivity index (χ1) is 6.72. The number of amides is 1. The molecule has 0 aromatic rings. The van der Waals surface area contributed by atoms with Crippen LogP contribution in [0.1, 0.15) is 45.4 Å². The molecule has 0 aromatic carbocycles. The molecule has 0 radical (unpaired) electrons. The van der Waals surface area contributed by atoms with Gasteiger partial charge in [-0.15, -0.1) is 0 Å². The number of fused-ring (bicyclic) bond motifs is 2. The monoisotopic (exact) mass is 259 g/mol. The van der Waals surface area contributed by atoms with Gasteiger partial charge in [-0.2, -0.15) is 0 Å². The van der Waals surface area contributed by atoms with Gasteiger partial charge in [-0.05, 0) is 32.1 Å². The number of hydrogen-bond acceptors (Lipinski definition) is 1. The van der Waals surface area contributed by atoms with Crippen molar-refractivity contribution in [2.45, 2.75) is 62.4 Å². The standard InChI is InChI=1S/C11H18BrNO/c1-2-3-11(14)13-9-4-5-10(13)7-8(12)6-9/h8-10H,2-7H2,1H3. The number of carbonyl (C=O) groups excluding carboxylic acids is 1. The molecule has 0 aliphatic carbocycles. The van der Waals surface area contributed by atoms with E-state index in [4.69, 9.17) is 0 Å². The van der Waals surface area contributed by atoms with Crippen molar-refractivity contribution < 1.29 is 4.79 Å². The van der Waals surface area contributed by atoms with Crippen LogP contribution in [0.2, 0.25) is 0 Å². The van der Waals surface area contributed by atoms with Crippen LogP contribution in [0.25, 0.3) is 0 Å². The van der Waals surface area contributed by atoms with E-state index < -0.39 is 0 Å². The molecule has 2 fully saturated rings. The van der Waals surface area contributed by atoms with Crippen molar-refractivity contribution in [1.29, 1.82) is 0 Å². The molecule has 0 spiro atoms. The molecule has 2 aliphatic heterocycles. The molecule has 2 saturated heterocycles. The van der Waals surface area contributed by atoms with Crippen LogP contribution < -0.4 is 0 Å². The van der Waals surface area contributed by atoms with E-state index in [0.717, 1.165) is 25.7 Å². The Morgan fingerprint density at radius 3 is 2.43 bits per heavy atom. The molecule has 2 rings (SSSR count). The number of rotatable bonds is 2. The summed E-state index contributed by atoms with van der Waals surface area (Å²) in [5.41, 5.74) is 0. The van der Waals surface area contributed by atoms with E-state index in [-0.39, 0.29) is 0 Å². The molecule has 0 aromatic heterocycles. The van der Waals surface area contributed by atoms with Gasteiger partial charge in [0, 0.05) is 23.3 Å². The highest BCUT2D eigenvalue weighted by atomic mass is 79.9. The maximum absolute atomic E-state index is 11.9. The topological polar surface area (TPSA) is 20.3 Å². The molecule has 14 heavy (non-hydrogen) atoms. The summed E-state index contributed by atoms with van der Waals surface area (Å²) in [4.78, 5) is 14.7. The van der Waals surface area contributed by atoms with Crippen LogP contribution in [0, 0.1) is 0 Å². The van der Waals surface area contributed by atoms with E-state index in [1.807, 2.05) is 0 Å². The Morgan fingerprint density at radius 2 is 1.93 bits per heavy atom. The predicted octanol–water partition coefficient (Wildman–Crippen LogP) is 2.70. The summed E-state index contributed by atoms with van der Waals surface area (Å²) in [5, 5.41) is 0. The maximum atomic E-state index is 11.9. The zero-order valence-electron chi connectivity index (χ0n) is 8.71.